The lowest BCUT2D eigenvalue weighted by Crippen LogP contribution is -2.09. The third kappa shape index (κ3) is 5.83. The van der Waals surface area contributed by atoms with Crippen molar-refractivity contribution in [2.24, 2.45) is 5.92 Å². The lowest BCUT2D eigenvalue weighted by molar-refractivity contribution is 0.110. The number of ether oxygens (including phenoxy) is 1. The van der Waals surface area contributed by atoms with Gasteiger partial charge in [-0.3, -0.25) is 0 Å². The Morgan fingerprint density at radius 3 is 2.82 bits per heavy atom. The van der Waals surface area contributed by atoms with Gasteiger partial charge in [-0.2, -0.15) is 5.26 Å². The maximum Gasteiger partial charge on any atom is 0.158 e. The van der Waals surface area contributed by atoms with Crippen LogP contribution < -0.4 is 5.32 Å². The molecule has 5 heteroatoms. The van der Waals surface area contributed by atoms with Crippen LogP contribution >= 0.6 is 0 Å². The SMILES string of the molecule is CC(C)COCCCNc1cnc(C#N)cn1. The van der Waals surface area contributed by atoms with Crippen LogP contribution in [-0.4, -0.2) is 29.7 Å². The van der Waals surface area contributed by atoms with Crippen molar-refractivity contribution >= 4 is 5.82 Å². The van der Waals surface area contributed by atoms with Crippen LogP contribution in [0.3, 0.4) is 0 Å². The van der Waals surface area contributed by atoms with Gasteiger partial charge in [-0.1, -0.05) is 13.8 Å². The van der Waals surface area contributed by atoms with Gasteiger partial charge >= 0.3 is 0 Å². The highest BCUT2D eigenvalue weighted by atomic mass is 16.5. The number of hydrogen-bond donors (Lipinski definition) is 1. The highest BCUT2D eigenvalue weighted by molar-refractivity contribution is 5.32. The van der Waals surface area contributed by atoms with E-state index in [1.165, 1.54) is 6.20 Å². The van der Waals surface area contributed by atoms with Crippen LogP contribution in [0.5, 0.6) is 0 Å². The van der Waals surface area contributed by atoms with Crippen molar-refractivity contribution in [2.45, 2.75) is 20.3 Å². The first kappa shape index (κ1) is 13.4. The van der Waals surface area contributed by atoms with Crippen molar-refractivity contribution in [3.63, 3.8) is 0 Å². The molecule has 5 nitrogen and oxygen atoms in total. The molecule has 0 atom stereocenters. The number of hydrogen-bond acceptors (Lipinski definition) is 5. The topological polar surface area (TPSA) is 70.8 Å². The van der Waals surface area contributed by atoms with Gasteiger partial charge in [-0.05, 0) is 12.3 Å². The molecule has 0 bridgehead atoms. The van der Waals surface area contributed by atoms with Gasteiger partial charge in [0, 0.05) is 19.8 Å². The van der Waals surface area contributed by atoms with Crippen molar-refractivity contribution in [3.05, 3.63) is 18.1 Å². The summed E-state index contributed by atoms with van der Waals surface area (Å²) in [6.45, 7) is 6.60. The molecule has 0 saturated heterocycles. The summed E-state index contributed by atoms with van der Waals surface area (Å²) in [7, 11) is 0. The number of nitrogens with one attached hydrogen (secondary N) is 1. The van der Waals surface area contributed by atoms with Gasteiger partial charge in [0.1, 0.15) is 11.9 Å². The number of nitrogens with zero attached hydrogens (tertiary/aromatic N) is 3. The average Bonchev–Trinajstić information content (AvgIpc) is 2.34. The minimum Gasteiger partial charge on any atom is -0.381 e. The molecule has 0 amide bonds. The predicted octanol–water partition coefficient (Wildman–Crippen LogP) is 1.82. The zero-order valence-corrected chi connectivity index (χ0v) is 10.3. The van der Waals surface area contributed by atoms with Crippen LogP contribution in [0.4, 0.5) is 5.82 Å². The molecule has 1 N–H and O–H groups in total. The quantitative estimate of drug-likeness (QED) is 0.729. The second kappa shape index (κ2) is 7.58. The van der Waals surface area contributed by atoms with Gasteiger partial charge in [0.05, 0.1) is 12.4 Å². The minimum atomic E-state index is 0.329. The first-order chi connectivity index (χ1) is 8.22. The van der Waals surface area contributed by atoms with Crippen LogP contribution in [0, 0.1) is 17.2 Å². The largest absolute Gasteiger partial charge is 0.381 e. The Morgan fingerprint density at radius 1 is 1.41 bits per heavy atom. The van der Waals surface area contributed by atoms with Crippen molar-refractivity contribution in [2.75, 3.05) is 25.1 Å². The van der Waals surface area contributed by atoms with Gasteiger partial charge in [0.15, 0.2) is 5.69 Å². The molecule has 1 aromatic rings. The van der Waals surface area contributed by atoms with Gasteiger partial charge < -0.3 is 10.1 Å². The lowest BCUT2D eigenvalue weighted by atomic mass is 10.2. The third-order valence-corrected chi connectivity index (χ3v) is 1.99. The number of nitriles is 1. The standard InChI is InChI=1S/C12H18N4O/c1-10(2)9-17-5-3-4-14-12-8-15-11(6-13)7-16-12/h7-8,10H,3-5,9H2,1-2H3,(H,14,16). The van der Waals surface area contributed by atoms with E-state index in [1.807, 2.05) is 6.07 Å². The zero-order valence-electron chi connectivity index (χ0n) is 10.3. The highest BCUT2D eigenvalue weighted by Crippen LogP contribution is 2.00. The Balaban J connectivity index is 2.12. The van der Waals surface area contributed by atoms with Gasteiger partial charge in [0.2, 0.25) is 0 Å². The predicted molar refractivity (Wildman–Crippen MR) is 65.5 cm³/mol. The van der Waals surface area contributed by atoms with E-state index in [9.17, 15) is 0 Å². The van der Waals surface area contributed by atoms with E-state index >= 15 is 0 Å². The Morgan fingerprint density at radius 2 is 2.24 bits per heavy atom. The van der Waals surface area contributed by atoms with Crippen LogP contribution in [0.2, 0.25) is 0 Å². The molecule has 17 heavy (non-hydrogen) atoms. The molecule has 1 aromatic heterocycles. The molecular formula is C12H18N4O. The van der Waals surface area contributed by atoms with Crippen LogP contribution in [0.25, 0.3) is 0 Å². The van der Waals surface area contributed by atoms with Crippen molar-refractivity contribution in [1.29, 1.82) is 5.26 Å². The molecule has 0 aliphatic heterocycles. The van der Waals surface area contributed by atoms with E-state index in [1.54, 1.807) is 6.20 Å². The smallest absolute Gasteiger partial charge is 0.158 e. The molecule has 0 aliphatic carbocycles. The summed E-state index contributed by atoms with van der Waals surface area (Å²) in [5.74, 6) is 1.26. The fourth-order valence-corrected chi connectivity index (χ4v) is 1.19. The summed E-state index contributed by atoms with van der Waals surface area (Å²) in [5, 5.41) is 11.7. The third-order valence-electron chi connectivity index (χ3n) is 1.99. The second-order valence-electron chi connectivity index (χ2n) is 4.15. The molecule has 0 saturated carbocycles. The molecule has 0 radical (unpaired) electrons. The normalized spacial score (nSPS) is 10.2. The summed E-state index contributed by atoms with van der Waals surface area (Å²) < 4.78 is 5.45. The fraction of sp³-hybridized carbons (Fsp3) is 0.583. The van der Waals surface area contributed by atoms with Gasteiger partial charge in [-0.15, -0.1) is 0 Å². The molecule has 1 heterocycles. The Hall–Kier alpha value is -1.67. The van der Waals surface area contributed by atoms with E-state index in [-0.39, 0.29) is 0 Å². The number of anilines is 1. The molecule has 0 spiro atoms. The van der Waals surface area contributed by atoms with Gasteiger partial charge in [0.25, 0.3) is 0 Å². The van der Waals surface area contributed by atoms with Gasteiger partial charge in [-0.25, -0.2) is 9.97 Å². The van der Waals surface area contributed by atoms with E-state index < -0.39 is 0 Å². The Labute approximate surface area is 102 Å². The van der Waals surface area contributed by atoms with E-state index in [2.05, 4.69) is 29.1 Å². The first-order valence-electron chi connectivity index (χ1n) is 5.76. The maximum absolute atomic E-state index is 8.56. The molecule has 0 unspecified atom stereocenters. The van der Waals surface area contributed by atoms with E-state index in [0.29, 0.717) is 17.4 Å². The summed E-state index contributed by atoms with van der Waals surface area (Å²) in [5.41, 5.74) is 0.329. The van der Waals surface area contributed by atoms with Crippen LogP contribution in [0.1, 0.15) is 26.0 Å². The monoisotopic (exact) mass is 234 g/mol. The van der Waals surface area contributed by atoms with E-state index in [0.717, 1.165) is 26.2 Å². The summed E-state index contributed by atoms with van der Waals surface area (Å²) >= 11 is 0. The molecule has 0 fully saturated rings. The van der Waals surface area contributed by atoms with Crippen molar-refractivity contribution in [3.8, 4) is 6.07 Å². The fourth-order valence-electron chi connectivity index (χ4n) is 1.19. The summed E-state index contributed by atoms with van der Waals surface area (Å²) in [6, 6.07) is 1.93. The molecule has 0 aliphatic rings. The van der Waals surface area contributed by atoms with E-state index in [4.69, 9.17) is 10.00 Å². The van der Waals surface area contributed by atoms with Crippen LogP contribution in [-0.2, 0) is 4.74 Å². The van der Waals surface area contributed by atoms with Crippen molar-refractivity contribution in [1.82, 2.24) is 9.97 Å². The zero-order chi connectivity index (χ0) is 12.5. The lowest BCUT2D eigenvalue weighted by Gasteiger charge is -2.07. The molecule has 0 aromatic carbocycles. The summed E-state index contributed by atoms with van der Waals surface area (Å²) in [6.07, 6.45) is 3.94. The highest BCUT2D eigenvalue weighted by Gasteiger charge is 1.96. The van der Waals surface area contributed by atoms with Crippen molar-refractivity contribution < 1.29 is 4.74 Å². The minimum absolute atomic E-state index is 0.329. The molecular weight excluding hydrogens is 216 g/mol. The average molecular weight is 234 g/mol. The molecule has 1 rings (SSSR count). The second-order valence-corrected chi connectivity index (χ2v) is 4.15. The maximum atomic E-state index is 8.56. The Kier molecular flexibility index (Phi) is 5.97. The Bertz CT molecular complexity index is 356. The molecule has 92 valence electrons. The number of aromatic nitrogens is 2. The first-order valence-corrected chi connectivity index (χ1v) is 5.76. The summed E-state index contributed by atoms with van der Waals surface area (Å²) in [4.78, 5) is 7.98. The number of rotatable bonds is 7. The van der Waals surface area contributed by atoms with Crippen LogP contribution in [0.15, 0.2) is 12.4 Å².